The van der Waals surface area contributed by atoms with Crippen LogP contribution in [0.5, 0.6) is 0 Å². The van der Waals surface area contributed by atoms with E-state index in [9.17, 15) is 14.7 Å². The van der Waals surface area contributed by atoms with Gasteiger partial charge < -0.3 is 15.2 Å². The number of fused-ring (bicyclic) bond motifs is 4. The Kier molecular flexibility index (Phi) is 3.44. The van der Waals surface area contributed by atoms with E-state index in [1.54, 1.807) is 0 Å². The van der Waals surface area contributed by atoms with Crippen molar-refractivity contribution < 1.29 is 19.4 Å². The smallest absolute Gasteiger partial charge is 0.310 e. The molecule has 0 aromatic heterocycles. The summed E-state index contributed by atoms with van der Waals surface area (Å²) in [4.78, 5) is 24.2. The van der Waals surface area contributed by atoms with Gasteiger partial charge in [0.1, 0.15) is 0 Å². The number of carboxylic acids is 1. The number of amides is 1. The number of nitrogens with one attached hydrogen (secondary N) is 1. The van der Waals surface area contributed by atoms with Gasteiger partial charge in [0.15, 0.2) is 0 Å². The molecule has 4 rings (SSSR count). The van der Waals surface area contributed by atoms with Crippen molar-refractivity contribution in [3.8, 4) is 0 Å². The maximum atomic E-state index is 12.7. The molecule has 2 aliphatic heterocycles. The molecule has 4 fully saturated rings. The summed E-state index contributed by atoms with van der Waals surface area (Å²) in [5, 5.41) is 12.6. The van der Waals surface area contributed by atoms with Crippen molar-refractivity contribution in [1.82, 2.24) is 5.32 Å². The molecule has 2 saturated carbocycles. The molecule has 0 aromatic carbocycles. The van der Waals surface area contributed by atoms with E-state index in [2.05, 4.69) is 12.2 Å². The molecule has 5 heteroatoms. The lowest BCUT2D eigenvalue weighted by atomic mass is 9.78. The molecule has 0 spiro atoms. The van der Waals surface area contributed by atoms with Gasteiger partial charge in [-0.3, -0.25) is 9.59 Å². The highest BCUT2D eigenvalue weighted by Crippen LogP contribution is 2.50. The van der Waals surface area contributed by atoms with Crippen molar-refractivity contribution >= 4 is 11.9 Å². The molecule has 5 nitrogen and oxygen atoms in total. The number of hydrogen-bond donors (Lipinski definition) is 2. The van der Waals surface area contributed by atoms with Gasteiger partial charge in [0, 0.05) is 6.04 Å². The molecule has 2 heterocycles. The maximum absolute atomic E-state index is 12.7. The summed E-state index contributed by atoms with van der Waals surface area (Å²) in [5.74, 6) is 0.0300. The SMILES string of the molecule is C[C@H](NC(=O)[C@H]1[C@@H](C(=O)O)[C@H]2CC[C@H]1O2)[C@H]1C[C@H]2CC[C@H]1C2. The third kappa shape index (κ3) is 2.16. The second-order valence-electron chi connectivity index (χ2n) is 7.82. The highest BCUT2D eigenvalue weighted by Gasteiger charge is 2.56. The van der Waals surface area contributed by atoms with Crippen molar-refractivity contribution in [2.45, 2.75) is 63.7 Å². The average molecular weight is 307 g/mol. The lowest BCUT2D eigenvalue weighted by Gasteiger charge is -2.31. The third-order valence-electron chi connectivity index (χ3n) is 6.67. The number of carbonyl (C=O) groups is 2. The highest BCUT2D eigenvalue weighted by molar-refractivity contribution is 5.86. The first kappa shape index (κ1) is 14.5. The van der Waals surface area contributed by atoms with Crippen LogP contribution in [0, 0.1) is 29.6 Å². The second-order valence-corrected chi connectivity index (χ2v) is 7.82. The number of rotatable bonds is 4. The summed E-state index contributed by atoms with van der Waals surface area (Å²) in [5.41, 5.74) is 0. The normalized spacial score (nSPS) is 46.9. The van der Waals surface area contributed by atoms with Gasteiger partial charge in [-0.25, -0.2) is 0 Å². The molecule has 8 atom stereocenters. The fraction of sp³-hybridized carbons (Fsp3) is 0.882. The van der Waals surface area contributed by atoms with E-state index in [4.69, 9.17) is 4.74 Å². The highest BCUT2D eigenvalue weighted by atomic mass is 16.5. The molecular weight excluding hydrogens is 282 g/mol. The minimum Gasteiger partial charge on any atom is -0.481 e. The average Bonchev–Trinajstić information content (AvgIpc) is 3.24. The van der Waals surface area contributed by atoms with Crippen LogP contribution in [0.1, 0.15) is 45.4 Å². The zero-order valence-electron chi connectivity index (χ0n) is 13.0. The Bertz CT molecular complexity index is 493. The fourth-order valence-corrected chi connectivity index (χ4v) is 5.66. The maximum Gasteiger partial charge on any atom is 0.310 e. The van der Waals surface area contributed by atoms with E-state index in [0.29, 0.717) is 5.92 Å². The molecule has 2 N–H and O–H groups in total. The number of carbonyl (C=O) groups excluding carboxylic acids is 1. The van der Waals surface area contributed by atoms with Crippen LogP contribution in [0.25, 0.3) is 0 Å². The van der Waals surface area contributed by atoms with Gasteiger partial charge >= 0.3 is 5.97 Å². The van der Waals surface area contributed by atoms with E-state index in [1.165, 1.54) is 25.7 Å². The van der Waals surface area contributed by atoms with E-state index < -0.39 is 17.8 Å². The van der Waals surface area contributed by atoms with Crippen molar-refractivity contribution in [3.63, 3.8) is 0 Å². The molecule has 0 radical (unpaired) electrons. The van der Waals surface area contributed by atoms with Crippen LogP contribution < -0.4 is 5.32 Å². The summed E-state index contributed by atoms with van der Waals surface area (Å²) < 4.78 is 5.69. The first-order valence-corrected chi connectivity index (χ1v) is 8.73. The van der Waals surface area contributed by atoms with Crippen LogP contribution in [0.15, 0.2) is 0 Å². The molecular formula is C17H25NO4. The van der Waals surface area contributed by atoms with Gasteiger partial charge in [0.2, 0.25) is 5.91 Å². The van der Waals surface area contributed by atoms with E-state index in [0.717, 1.165) is 24.7 Å². The van der Waals surface area contributed by atoms with Crippen LogP contribution in [0.3, 0.4) is 0 Å². The molecule has 2 saturated heterocycles. The first-order valence-electron chi connectivity index (χ1n) is 8.73. The summed E-state index contributed by atoms with van der Waals surface area (Å²) in [7, 11) is 0. The predicted octanol–water partition coefficient (Wildman–Crippen LogP) is 1.81. The standard InChI is InChI=1S/C17H25NO4/c1-8(11-7-9-2-3-10(11)6-9)18-16(19)14-12-4-5-13(22-12)15(14)17(20)21/h8-15H,2-7H2,1H3,(H,18,19)(H,20,21)/t8-,9-,10-,11+,12+,13+,14+,15-/m0/s1. The van der Waals surface area contributed by atoms with Gasteiger partial charge in [-0.05, 0) is 56.8 Å². The topological polar surface area (TPSA) is 75.6 Å². The van der Waals surface area contributed by atoms with E-state index in [1.807, 2.05) is 0 Å². The second kappa shape index (κ2) is 5.22. The van der Waals surface area contributed by atoms with Crippen molar-refractivity contribution in [2.24, 2.45) is 29.6 Å². The molecule has 22 heavy (non-hydrogen) atoms. The van der Waals surface area contributed by atoms with Crippen LogP contribution >= 0.6 is 0 Å². The Hall–Kier alpha value is -1.10. The van der Waals surface area contributed by atoms with Crippen molar-refractivity contribution in [2.75, 3.05) is 0 Å². The quantitative estimate of drug-likeness (QED) is 0.830. The van der Waals surface area contributed by atoms with Gasteiger partial charge in [-0.2, -0.15) is 0 Å². The summed E-state index contributed by atoms with van der Waals surface area (Å²) in [6.45, 7) is 2.09. The number of carboxylic acid groups (broad SMARTS) is 1. The van der Waals surface area contributed by atoms with Crippen LogP contribution in [0.4, 0.5) is 0 Å². The molecule has 2 aliphatic carbocycles. The van der Waals surface area contributed by atoms with Crippen LogP contribution in [-0.2, 0) is 14.3 Å². The van der Waals surface area contributed by atoms with Gasteiger partial charge in [-0.15, -0.1) is 0 Å². The van der Waals surface area contributed by atoms with Crippen molar-refractivity contribution in [1.29, 1.82) is 0 Å². The number of ether oxygens (including phenoxy) is 1. The van der Waals surface area contributed by atoms with E-state index >= 15 is 0 Å². The largest absolute Gasteiger partial charge is 0.481 e. The molecule has 1 amide bonds. The minimum absolute atomic E-state index is 0.102. The summed E-state index contributed by atoms with van der Waals surface area (Å²) >= 11 is 0. The van der Waals surface area contributed by atoms with Gasteiger partial charge in [0.05, 0.1) is 24.0 Å². The monoisotopic (exact) mass is 307 g/mol. The lowest BCUT2D eigenvalue weighted by molar-refractivity contribution is -0.148. The van der Waals surface area contributed by atoms with Gasteiger partial charge in [-0.1, -0.05) is 6.42 Å². The Morgan fingerprint density at radius 3 is 2.41 bits per heavy atom. The molecule has 0 aromatic rings. The third-order valence-corrected chi connectivity index (χ3v) is 6.67. The van der Waals surface area contributed by atoms with Gasteiger partial charge in [0.25, 0.3) is 0 Å². The Balaban J connectivity index is 1.42. The lowest BCUT2D eigenvalue weighted by Crippen LogP contribution is -2.48. The zero-order chi connectivity index (χ0) is 15.4. The summed E-state index contributed by atoms with van der Waals surface area (Å²) in [6, 6.07) is 0.149. The summed E-state index contributed by atoms with van der Waals surface area (Å²) in [6.07, 6.45) is 6.31. The minimum atomic E-state index is -0.889. The Morgan fingerprint density at radius 2 is 1.82 bits per heavy atom. The molecule has 0 unspecified atom stereocenters. The Morgan fingerprint density at radius 1 is 1.09 bits per heavy atom. The van der Waals surface area contributed by atoms with Crippen LogP contribution in [0.2, 0.25) is 0 Å². The number of hydrogen-bond acceptors (Lipinski definition) is 3. The fourth-order valence-electron chi connectivity index (χ4n) is 5.66. The van der Waals surface area contributed by atoms with E-state index in [-0.39, 0.29) is 24.2 Å². The number of aliphatic carboxylic acids is 1. The van der Waals surface area contributed by atoms with Crippen molar-refractivity contribution in [3.05, 3.63) is 0 Å². The van der Waals surface area contributed by atoms with Crippen LogP contribution in [-0.4, -0.2) is 35.2 Å². The molecule has 122 valence electrons. The molecule has 4 bridgehead atoms. The molecule has 4 aliphatic rings. The predicted molar refractivity (Wildman–Crippen MR) is 79.1 cm³/mol. The first-order chi connectivity index (χ1) is 10.5. The Labute approximate surface area is 130 Å². The zero-order valence-corrected chi connectivity index (χ0v) is 13.0.